The van der Waals surface area contributed by atoms with Crippen LogP contribution in [0.15, 0.2) is 48.5 Å². The average molecular weight is 300 g/mol. The zero-order valence-corrected chi connectivity index (χ0v) is 13.2. The summed E-state index contributed by atoms with van der Waals surface area (Å²) in [7, 11) is 0. The van der Waals surface area contributed by atoms with Gasteiger partial charge >= 0.3 is 0 Å². The Morgan fingerprint density at radius 3 is 2.48 bits per heavy atom. The summed E-state index contributed by atoms with van der Waals surface area (Å²) in [5.74, 6) is 0.804. The molecule has 2 aromatic carbocycles. The van der Waals surface area contributed by atoms with E-state index in [1.807, 2.05) is 12.1 Å². The largest absolute Gasteiger partial charge is 0.306 e. The monoisotopic (exact) mass is 299 g/mol. The van der Waals surface area contributed by atoms with Crippen molar-refractivity contribution in [3.8, 4) is 0 Å². The van der Waals surface area contributed by atoms with Crippen LogP contribution in [0.4, 0.5) is 0 Å². The molecule has 1 N–H and O–H groups in total. The minimum atomic E-state index is 0.384. The SMILES string of the molecule is CCC(NCc1ccccc1C1CC1)c1ccc(Cl)cc1. The molecule has 21 heavy (non-hydrogen) atoms. The lowest BCUT2D eigenvalue weighted by atomic mass is 10.0. The quantitative estimate of drug-likeness (QED) is 0.747. The second kappa shape index (κ2) is 6.64. The lowest BCUT2D eigenvalue weighted by Gasteiger charge is -2.19. The Morgan fingerprint density at radius 2 is 1.81 bits per heavy atom. The lowest BCUT2D eigenvalue weighted by molar-refractivity contribution is 0.517. The second-order valence-corrected chi connectivity index (χ2v) is 6.30. The maximum absolute atomic E-state index is 5.97. The van der Waals surface area contributed by atoms with Crippen LogP contribution < -0.4 is 5.32 Å². The number of hydrogen-bond donors (Lipinski definition) is 1. The third-order valence-corrected chi connectivity index (χ3v) is 4.54. The molecule has 110 valence electrons. The van der Waals surface area contributed by atoms with Gasteiger partial charge in [-0.25, -0.2) is 0 Å². The van der Waals surface area contributed by atoms with Gasteiger partial charge in [-0.15, -0.1) is 0 Å². The smallest absolute Gasteiger partial charge is 0.0406 e. The van der Waals surface area contributed by atoms with Crippen molar-refractivity contribution in [3.05, 3.63) is 70.2 Å². The molecule has 0 spiro atoms. The lowest BCUT2D eigenvalue weighted by Crippen LogP contribution is -2.20. The zero-order chi connectivity index (χ0) is 14.7. The fraction of sp³-hybridized carbons (Fsp3) is 0.368. The molecule has 2 heteroatoms. The maximum Gasteiger partial charge on any atom is 0.0406 e. The van der Waals surface area contributed by atoms with Crippen LogP contribution in [0.2, 0.25) is 5.02 Å². The molecule has 0 saturated heterocycles. The van der Waals surface area contributed by atoms with E-state index in [0.29, 0.717) is 6.04 Å². The first kappa shape index (κ1) is 14.6. The highest BCUT2D eigenvalue weighted by Crippen LogP contribution is 2.41. The number of hydrogen-bond acceptors (Lipinski definition) is 1. The summed E-state index contributed by atoms with van der Waals surface area (Å²) in [6.45, 7) is 3.16. The van der Waals surface area contributed by atoms with Crippen molar-refractivity contribution in [2.45, 2.75) is 44.7 Å². The number of rotatable bonds is 6. The van der Waals surface area contributed by atoms with Gasteiger partial charge in [-0.1, -0.05) is 54.9 Å². The fourth-order valence-corrected chi connectivity index (χ4v) is 3.04. The van der Waals surface area contributed by atoms with E-state index in [4.69, 9.17) is 11.6 Å². The van der Waals surface area contributed by atoms with Gasteiger partial charge in [0.25, 0.3) is 0 Å². The van der Waals surface area contributed by atoms with Crippen molar-refractivity contribution in [1.29, 1.82) is 0 Å². The molecule has 1 unspecified atom stereocenters. The van der Waals surface area contributed by atoms with Crippen LogP contribution in [0, 0.1) is 0 Å². The second-order valence-electron chi connectivity index (χ2n) is 5.87. The Kier molecular flexibility index (Phi) is 4.62. The summed E-state index contributed by atoms with van der Waals surface area (Å²) < 4.78 is 0. The molecule has 1 saturated carbocycles. The Hall–Kier alpha value is -1.31. The molecule has 0 bridgehead atoms. The summed E-state index contributed by atoms with van der Waals surface area (Å²) >= 11 is 5.97. The number of halogens is 1. The molecule has 0 radical (unpaired) electrons. The molecule has 0 heterocycles. The zero-order valence-electron chi connectivity index (χ0n) is 12.5. The first-order chi connectivity index (χ1) is 10.3. The summed E-state index contributed by atoms with van der Waals surface area (Å²) in [5.41, 5.74) is 4.30. The highest BCUT2D eigenvalue weighted by atomic mass is 35.5. The van der Waals surface area contributed by atoms with Crippen molar-refractivity contribution >= 4 is 11.6 Å². The molecular weight excluding hydrogens is 278 g/mol. The third kappa shape index (κ3) is 3.66. The van der Waals surface area contributed by atoms with Crippen LogP contribution in [0.25, 0.3) is 0 Å². The Bertz CT molecular complexity index is 587. The van der Waals surface area contributed by atoms with Crippen LogP contribution in [0.3, 0.4) is 0 Å². The number of benzene rings is 2. The molecule has 1 fully saturated rings. The first-order valence-corrected chi connectivity index (χ1v) is 8.22. The van der Waals surface area contributed by atoms with Crippen molar-refractivity contribution in [2.75, 3.05) is 0 Å². The minimum absolute atomic E-state index is 0.384. The van der Waals surface area contributed by atoms with Crippen molar-refractivity contribution in [1.82, 2.24) is 5.32 Å². The van der Waals surface area contributed by atoms with Crippen LogP contribution in [-0.4, -0.2) is 0 Å². The molecule has 1 aliphatic rings. The first-order valence-electron chi connectivity index (χ1n) is 7.84. The van der Waals surface area contributed by atoms with Crippen LogP contribution in [0.1, 0.15) is 54.8 Å². The van der Waals surface area contributed by atoms with Crippen LogP contribution >= 0.6 is 11.6 Å². The molecule has 0 aliphatic heterocycles. The van der Waals surface area contributed by atoms with Crippen molar-refractivity contribution in [2.24, 2.45) is 0 Å². The van der Waals surface area contributed by atoms with Crippen molar-refractivity contribution < 1.29 is 0 Å². The highest BCUT2D eigenvalue weighted by Gasteiger charge is 2.25. The normalized spacial score (nSPS) is 15.9. The van der Waals surface area contributed by atoms with Gasteiger partial charge in [0.15, 0.2) is 0 Å². The molecule has 0 aromatic heterocycles. The van der Waals surface area contributed by atoms with Gasteiger partial charge in [0.1, 0.15) is 0 Å². The summed E-state index contributed by atoms with van der Waals surface area (Å²) in [6, 6.07) is 17.4. The summed E-state index contributed by atoms with van der Waals surface area (Å²) in [6.07, 6.45) is 3.78. The summed E-state index contributed by atoms with van der Waals surface area (Å²) in [5, 5.41) is 4.50. The Labute approximate surface area is 132 Å². The van der Waals surface area contributed by atoms with Gasteiger partial charge in [0, 0.05) is 17.6 Å². The maximum atomic E-state index is 5.97. The molecule has 1 atom stereocenters. The molecule has 2 aromatic rings. The highest BCUT2D eigenvalue weighted by molar-refractivity contribution is 6.30. The van der Waals surface area contributed by atoms with Gasteiger partial charge in [-0.05, 0) is 54.0 Å². The predicted molar refractivity (Wildman–Crippen MR) is 89.7 cm³/mol. The van der Waals surface area contributed by atoms with E-state index >= 15 is 0 Å². The molecule has 1 aliphatic carbocycles. The standard InChI is InChI=1S/C19H22ClN/c1-2-19(15-9-11-17(20)12-10-15)21-13-16-5-3-4-6-18(16)14-7-8-14/h3-6,9-12,14,19,21H,2,7-8,13H2,1H3. The van der Waals surface area contributed by atoms with E-state index in [1.54, 1.807) is 0 Å². The van der Waals surface area contributed by atoms with E-state index in [-0.39, 0.29) is 0 Å². The van der Waals surface area contributed by atoms with Gasteiger partial charge in [-0.2, -0.15) is 0 Å². The average Bonchev–Trinajstić information content (AvgIpc) is 3.35. The predicted octanol–water partition coefficient (Wildman–Crippen LogP) is 5.46. The topological polar surface area (TPSA) is 12.0 Å². The summed E-state index contributed by atoms with van der Waals surface area (Å²) in [4.78, 5) is 0. The van der Waals surface area contributed by atoms with E-state index in [1.165, 1.54) is 29.5 Å². The fourth-order valence-electron chi connectivity index (χ4n) is 2.91. The van der Waals surface area contributed by atoms with Gasteiger partial charge < -0.3 is 5.32 Å². The molecular formula is C19H22ClN. The van der Waals surface area contributed by atoms with Gasteiger partial charge in [-0.3, -0.25) is 0 Å². The minimum Gasteiger partial charge on any atom is -0.306 e. The van der Waals surface area contributed by atoms with Gasteiger partial charge in [0.05, 0.1) is 0 Å². The Morgan fingerprint density at radius 1 is 1.10 bits per heavy atom. The Balaban J connectivity index is 1.69. The van der Waals surface area contributed by atoms with E-state index in [0.717, 1.165) is 23.9 Å². The van der Waals surface area contributed by atoms with Gasteiger partial charge in [0.2, 0.25) is 0 Å². The van der Waals surface area contributed by atoms with Crippen LogP contribution in [0.5, 0.6) is 0 Å². The van der Waals surface area contributed by atoms with E-state index < -0.39 is 0 Å². The molecule has 1 nitrogen and oxygen atoms in total. The molecule has 0 amide bonds. The number of nitrogens with one attached hydrogen (secondary N) is 1. The van der Waals surface area contributed by atoms with Crippen LogP contribution in [-0.2, 0) is 6.54 Å². The van der Waals surface area contributed by atoms with E-state index in [9.17, 15) is 0 Å². The van der Waals surface area contributed by atoms with E-state index in [2.05, 4.69) is 48.6 Å². The third-order valence-electron chi connectivity index (χ3n) is 4.29. The van der Waals surface area contributed by atoms with Crippen molar-refractivity contribution in [3.63, 3.8) is 0 Å². The molecule has 3 rings (SSSR count).